The van der Waals surface area contributed by atoms with Crippen LogP contribution in [0.15, 0.2) is 18.2 Å². The Morgan fingerprint density at radius 1 is 1.26 bits per heavy atom. The lowest BCUT2D eigenvalue weighted by atomic mass is 10.1. The quantitative estimate of drug-likeness (QED) is 0.608. The van der Waals surface area contributed by atoms with Crippen LogP contribution >= 0.6 is 0 Å². The second-order valence-corrected chi connectivity index (χ2v) is 5.12. The van der Waals surface area contributed by atoms with Crippen molar-refractivity contribution in [3.8, 4) is 0 Å². The summed E-state index contributed by atoms with van der Waals surface area (Å²) in [5.74, 6) is -1.75. The van der Waals surface area contributed by atoms with Crippen molar-refractivity contribution in [1.82, 2.24) is 0 Å². The number of ether oxygens (including phenoxy) is 1. The van der Waals surface area contributed by atoms with Gasteiger partial charge >= 0.3 is 0 Å². The van der Waals surface area contributed by atoms with Crippen molar-refractivity contribution < 1.29 is 18.2 Å². The molecule has 2 rings (SSSR count). The first kappa shape index (κ1) is 14.4. The summed E-state index contributed by atoms with van der Waals surface area (Å²) in [6.07, 6.45) is 2.09. The van der Waals surface area contributed by atoms with E-state index in [0.717, 1.165) is 25.0 Å². The normalized spacial score (nSPS) is 19.6. The fourth-order valence-corrected chi connectivity index (χ4v) is 2.62. The Kier molecular flexibility index (Phi) is 4.50. The lowest BCUT2D eigenvalue weighted by Gasteiger charge is -2.39. The van der Waals surface area contributed by atoms with Gasteiger partial charge in [-0.05, 0) is 17.7 Å². The smallest absolute Gasteiger partial charge is 0.159 e. The molecule has 0 bridgehead atoms. The highest BCUT2D eigenvalue weighted by Gasteiger charge is 2.24. The van der Waals surface area contributed by atoms with Gasteiger partial charge in [-0.15, -0.1) is 0 Å². The molecular weight excluding hydrogens is 252 g/mol. The third-order valence-corrected chi connectivity index (χ3v) is 3.78. The first-order chi connectivity index (χ1) is 9.04. The summed E-state index contributed by atoms with van der Waals surface area (Å²) in [4.78, 5) is 0. The Hall–Kier alpha value is -1.04. The largest absolute Gasteiger partial charge is 0.633 e. The molecule has 1 heterocycles. The summed E-state index contributed by atoms with van der Waals surface area (Å²) in [6, 6.07) is 3.74. The first-order valence-electron chi connectivity index (χ1n) is 6.59. The summed E-state index contributed by atoms with van der Waals surface area (Å²) in [5, 5.41) is 12.2. The van der Waals surface area contributed by atoms with E-state index in [-0.39, 0.29) is 10.8 Å². The Labute approximate surface area is 112 Å². The lowest BCUT2D eigenvalue weighted by molar-refractivity contribution is -0.868. The maximum Gasteiger partial charge on any atom is 0.159 e. The van der Waals surface area contributed by atoms with E-state index in [2.05, 4.69) is 0 Å². The lowest BCUT2D eigenvalue weighted by Crippen LogP contribution is -2.40. The number of halogens is 2. The molecule has 0 aromatic heterocycles. The van der Waals surface area contributed by atoms with Crippen molar-refractivity contribution in [3.05, 3.63) is 40.6 Å². The molecule has 19 heavy (non-hydrogen) atoms. The Balaban J connectivity index is 2.01. The van der Waals surface area contributed by atoms with Crippen molar-refractivity contribution in [2.45, 2.75) is 25.4 Å². The Bertz CT molecular complexity index is 433. The van der Waals surface area contributed by atoms with Gasteiger partial charge < -0.3 is 14.6 Å². The van der Waals surface area contributed by atoms with Gasteiger partial charge in [-0.25, -0.2) is 8.78 Å². The number of likely N-dealkylation sites (tertiary alicyclic amines) is 1. The van der Waals surface area contributed by atoms with E-state index in [1.807, 2.05) is 0 Å². The molecule has 1 aromatic carbocycles. The van der Waals surface area contributed by atoms with Gasteiger partial charge in [-0.3, -0.25) is 0 Å². The van der Waals surface area contributed by atoms with Gasteiger partial charge in [-0.2, -0.15) is 0 Å². The number of hydrogen-bond acceptors (Lipinski definition) is 2. The average Bonchev–Trinajstić information content (AvgIpc) is 2.81. The number of benzene rings is 1. The molecule has 1 fully saturated rings. The third-order valence-electron chi connectivity index (χ3n) is 3.78. The van der Waals surface area contributed by atoms with Crippen molar-refractivity contribution in [2.75, 3.05) is 26.7 Å². The molecule has 1 aliphatic heterocycles. The second kappa shape index (κ2) is 5.94. The van der Waals surface area contributed by atoms with Crippen molar-refractivity contribution >= 4 is 0 Å². The van der Waals surface area contributed by atoms with Crippen molar-refractivity contribution in [3.63, 3.8) is 0 Å². The van der Waals surface area contributed by atoms with Crippen LogP contribution in [0.25, 0.3) is 0 Å². The van der Waals surface area contributed by atoms with Gasteiger partial charge in [-0.1, -0.05) is 6.07 Å². The molecule has 0 N–H and O–H groups in total. The van der Waals surface area contributed by atoms with Crippen LogP contribution in [0.5, 0.6) is 0 Å². The fraction of sp³-hybridized carbons (Fsp3) is 0.571. The predicted octanol–water partition coefficient (Wildman–Crippen LogP) is 3.15. The topological polar surface area (TPSA) is 32.3 Å². The van der Waals surface area contributed by atoms with E-state index in [1.54, 1.807) is 0 Å². The molecule has 1 atom stereocenters. The minimum Gasteiger partial charge on any atom is -0.633 e. The average molecular weight is 271 g/mol. The van der Waals surface area contributed by atoms with E-state index < -0.39 is 11.6 Å². The van der Waals surface area contributed by atoms with Crippen LogP contribution in [0.4, 0.5) is 8.78 Å². The summed E-state index contributed by atoms with van der Waals surface area (Å²) in [6.45, 7) is 1.75. The molecule has 0 radical (unpaired) electrons. The summed E-state index contributed by atoms with van der Waals surface area (Å²) >= 11 is 0. The summed E-state index contributed by atoms with van der Waals surface area (Å²) < 4.78 is 31.2. The maximum atomic E-state index is 13.2. The van der Waals surface area contributed by atoms with Crippen LogP contribution in [0, 0.1) is 16.8 Å². The highest BCUT2D eigenvalue weighted by atomic mass is 19.2. The monoisotopic (exact) mass is 271 g/mol. The number of nitrogens with zero attached hydrogens (tertiary/aromatic N) is 1. The molecular formula is C14H19F2NO2. The highest BCUT2D eigenvalue weighted by molar-refractivity contribution is 5.20. The standard InChI is InChI=1S/C14H19F2NO2/c1-19-14(6-9-17(18)7-2-3-8-17)11-4-5-12(15)13(16)10-11/h4-5,10,14H,2-3,6-9H2,1H3. The van der Waals surface area contributed by atoms with Crippen LogP contribution in [0.1, 0.15) is 30.9 Å². The number of quaternary nitrogens is 1. The number of methoxy groups -OCH3 is 1. The summed E-state index contributed by atoms with van der Waals surface area (Å²) in [7, 11) is 1.52. The highest BCUT2D eigenvalue weighted by Crippen LogP contribution is 2.26. The van der Waals surface area contributed by atoms with E-state index in [0.29, 0.717) is 31.6 Å². The second-order valence-electron chi connectivity index (χ2n) is 5.12. The zero-order valence-corrected chi connectivity index (χ0v) is 11.1. The molecule has 0 saturated carbocycles. The number of hydroxylamine groups is 3. The zero-order valence-electron chi connectivity index (χ0n) is 11.1. The maximum absolute atomic E-state index is 13.2. The van der Waals surface area contributed by atoms with Gasteiger partial charge in [0.1, 0.15) is 0 Å². The minimum atomic E-state index is -0.883. The molecule has 0 amide bonds. The van der Waals surface area contributed by atoms with E-state index in [1.165, 1.54) is 13.2 Å². The van der Waals surface area contributed by atoms with Gasteiger partial charge in [0.15, 0.2) is 11.6 Å². The zero-order chi connectivity index (χ0) is 13.9. The molecule has 0 aliphatic carbocycles. The van der Waals surface area contributed by atoms with Gasteiger partial charge in [0.25, 0.3) is 0 Å². The molecule has 0 spiro atoms. The number of hydrogen-bond donors (Lipinski definition) is 0. The van der Waals surface area contributed by atoms with E-state index in [9.17, 15) is 14.0 Å². The van der Waals surface area contributed by atoms with Gasteiger partial charge in [0.2, 0.25) is 0 Å². The summed E-state index contributed by atoms with van der Waals surface area (Å²) in [5.41, 5.74) is 0.576. The number of rotatable bonds is 5. The molecule has 1 unspecified atom stereocenters. The van der Waals surface area contributed by atoms with Crippen molar-refractivity contribution in [1.29, 1.82) is 0 Å². The van der Waals surface area contributed by atoms with Crippen LogP contribution < -0.4 is 0 Å². The van der Waals surface area contributed by atoms with E-state index >= 15 is 0 Å². The van der Waals surface area contributed by atoms with Crippen LogP contribution in [0.3, 0.4) is 0 Å². The SMILES string of the molecule is COC(CC[N+]1([O-])CCCC1)c1ccc(F)c(F)c1. The van der Waals surface area contributed by atoms with Crippen LogP contribution in [0.2, 0.25) is 0 Å². The molecule has 1 saturated heterocycles. The van der Waals surface area contributed by atoms with Crippen molar-refractivity contribution in [2.24, 2.45) is 0 Å². The third kappa shape index (κ3) is 3.49. The first-order valence-corrected chi connectivity index (χ1v) is 6.59. The Morgan fingerprint density at radius 3 is 2.53 bits per heavy atom. The predicted molar refractivity (Wildman–Crippen MR) is 68.2 cm³/mol. The van der Waals surface area contributed by atoms with Crippen LogP contribution in [-0.2, 0) is 4.74 Å². The van der Waals surface area contributed by atoms with E-state index in [4.69, 9.17) is 4.74 Å². The molecule has 106 valence electrons. The molecule has 1 aliphatic rings. The molecule has 1 aromatic rings. The fourth-order valence-electron chi connectivity index (χ4n) is 2.62. The molecule has 5 heteroatoms. The minimum absolute atomic E-state index is 0.191. The van der Waals surface area contributed by atoms with Gasteiger partial charge in [0.05, 0.1) is 25.7 Å². The van der Waals surface area contributed by atoms with Crippen LogP contribution in [-0.4, -0.2) is 31.4 Å². The van der Waals surface area contributed by atoms with Gasteiger partial charge in [0, 0.05) is 26.4 Å². The Morgan fingerprint density at radius 2 is 1.95 bits per heavy atom. The molecule has 3 nitrogen and oxygen atoms in total.